The minimum absolute atomic E-state index is 1.14. The van der Waals surface area contributed by atoms with Crippen LogP contribution in [-0.2, 0) is 11.2 Å². The molecule has 201 valence electrons. The van der Waals surface area contributed by atoms with Crippen LogP contribution in [0.15, 0.2) is 73.5 Å². The summed E-state index contributed by atoms with van der Waals surface area (Å²) in [4.78, 5) is 2.10. The van der Waals surface area contributed by atoms with Crippen molar-refractivity contribution in [2.75, 3.05) is 0 Å². The molecule has 1 radical (unpaired) electrons. The smallest absolute Gasteiger partial charge is 0.192 e. The zero-order valence-corrected chi connectivity index (χ0v) is 24.0. The number of nitrogens with zero attached hydrogens (tertiary/aromatic N) is 1. The first kappa shape index (κ1) is 28.2. The van der Waals surface area contributed by atoms with E-state index in [1.54, 1.807) is 12.5 Å². The van der Waals surface area contributed by atoms with Crippen molar-refractivity contribution in [1.82, 2.24) is 4.90 Å². The fourth-order valence-corrected chi connectivity index (χ4v) is 5.55. The van der Waals surface area contributed by atoms with Crippen LogP contribution in [0.5, 0.6) is 0 Å². The van der Waals surface area contributed by atoms with Crippen molar-refractivity contribution in [2.45, 2.75) is 104 Å². The number of ether oxygens (including phenoxy) is 1. The topological polar surface area (TPSA) is 15.1 Å². The molecule has 0 N–H and O–H groups in total. The molecule has 1 aliphatic rings. The SMILES string of the molecule is CCCCCCCCCCCCCCc1cc2ccc3cc([N+]4C=COC=C4)cc(ccc(c1)c2C)c3C. The van der Waals surface area contributed by atoms with Gasteiger partial charge in [-0.15, -0.1) is 0 Å². The van der Waals surface area contributed by atoms with Crippen LogP contribution in [-0.4, -0.2) is 0 Å². The molecule has 0 aromatic heterocycles. The maximum atomic E-state index is 5.22. The highest BCUT2D eigenvalue weighted by molar-refractivity contribution is 5.84. The number of rotatable bonds is 14. The van der Waals surface area contributed by atoms with E-state index in [1.807, 2.05) is 12.4 Å². The minimum Gasteiger partial charge on any atom is -0.461 e. The fraction of sp³-hybridized carbons (Fsp3) is 0.444. The summed E-state index contributed by atoms with van der Waals surface area (Å²) in [5.74, 6) is 0. The molecule has 0 aliphatic carbocycles. The number of benzene rings is 2. The monoisotopic (exact) mass is 509 g/mol. The van der Waals surface area contributed by atoms with Crippen molar-refractivity contribution in [3.63, 3.8) is 0 Å². The summed E-state index contributed by atoms with van der Waals surface area (Å²) in [6.45, 7) is 6.77. The van der Waals surface area contributed by atoms with Crippen LogP contribution in [0.25, 0.3) is 21.5 Å². The Hall–Kier alpha value is -2.84. The molecular formula is C36H47NO+. The van der Waals surface area contributed by atoms with Gasteiger partial charge in [0.25, 0.3) is 0 Å². The summed E-state index contributed by atoms with van der Waals surface area (Å²) in [5.41, 5.74) is 5.27. The van der Waals surface area contributed by atoms with Crippen LogP contribution in [0.2, 0.25) is 0 Å². The van der Waals surface area contributed by atoms with Gasteiger partial charge >= 0.3 is 0 Å². The number of aryl methyl sites for hydroxylation is 3. The quantitative estimate of drug-likeness (QED) is 0.156. The van der Waals surface area contributed by atoms with Crippen molar-refractivity contribution in [1.29, 1.82) is 0 Å². The Bertz CT molecular complexity index is 1190. The van der Waals surface area contributed by atoms with Gasteiger partial charge in [0.2, 0.25) is 0 Å². The first-order chi connectivity index (χ1) is 18.7. The van der Waals surface area contributed by atoms with E-state index in [-0.39, 0.29) is 0 Å². The second-order valence-electron chi connectivity index (χ2n) is 11.1. The molecule has 2 nitrogen and oxygen atoms in total. The number of unbranched alkanes of at least 4 members (excludes halogenated alkanes) is 11. The lowest BCUT2D eigenvalue weighted by Crippen LogP contribution is -2.10. The molecule has 0 spiro atoms. The van der Waals surface area contributed by atoms with Crippen LogP contribution < -0.4 is 4.90 Å². The summed E-state index contributed by atoms with van der Waals surface area (Å²) in [6, 6.07) is 18.5. The molecule has 1 aliphatic heterocycles. The molecule has 38 heavy (non-hydrogen) atoms. The Morgan fingerprint density at radius 3 is 1.45 bits per heavy atom. The van der Waals surface area contributed by atoms with Gasteiger partial charge in [0, 0.05) is 12.1 Å². The van der Waals surface area contributed by atoms with Crippen molar-refractivity contribution >= 4 is 27.2 Å². The Kier molecular flexibility index (Phi) is 11.1. The van der Waals surface area contributed by atoms with Gasteiger partial charge in [-0.3, -0.25) is 0 Å². The molecular weight excluding hydrogens is 462 g/mol. The lowest BCUT2D eigenvalue weighted by atomic mass is 9.97. The standard InChI is InChI=1S/C36H47NO/c1-4-5-6-7-8-9-10-11-12-13-14-15-16-31-25-32-17-19-34-27-36(37-21-23-38-24-22-37)28-35(30(34)3)20-18-33(26-31)29(32)2/h17-28H,4-16H2,1-3H3/q+1. The second kappa shape index (κ2) is 14.9. The van der Waals surface area contributed by atoms with Crippen LogP contribution in [0.1, 0.15) is 101 Å². The third kappa shape index (κ3) is 8.08. The van der Waals surface area contributed by atoms with E-state index >= 15 is 0 Å². The average molecular weight is 510 g/mol. The molecule has 3 aromatic carbocycles. The number of hydrogen-bond acceptors (Lipinski definition) is 2. The van der Waals surface area contributed by atoms with E-state index in [1.165, 1.54) is 122 Å². The number of hydrogen-bond donors (Lipinski definition) is 0. The van der Waals surface area contributed by atoms with E-state index < -0.39 is 0 Å². The van der Waals surface area contributed by atoms with E-state index in [4.69, 9.17) is 4.74 Å². The van der Waals surface area contributed by atoms with Crippen molar-refractivity contribution in [2.24, 2.45) is 0 Å². The van der Waals surface area contributed by atoms with Gasteiger partial charge in [0.1, 0.15) is 12.5 Å². The summed E-state index contributed by atoms with van der Waals surface area (Å²) < 4.78 is 5.22. The van der Waals surface area contributed by atoms with Gasteiger partial charge in [0.15, 0.2) is 18.1 Å². The predicted molar refractivity (Wildman–Crippen MR) is 166 cm³/mol. The maximum Gasteiger partial charge on any atom is 0.192 e. The highest BCUT2D eigenvalue weighted by Crippen LogP contribution is 2.28. The van der Waals surface area contributed by atoms with Crippen LogP contribution >= 0.6 is 0 Å². The predicted octanol–water partition coefficient (Wildman–Crippen LogP) is 11.2. The van der Waals surface area contributed by atoms with E-state index in [0.717, 1.165) is 5.69 Å². The van der Waals surface area contributed by atoms with Crippen LogP contribution in [0, 0.1) is 13.8 Å². The molecule has 0 saturated carbocycles. The first-order valence-corrected chi connectivity index (χ1v) is 15.1. The lowest BCUT2D eigenvalue weighted by molar-refractivity contribution is 0.382. The Morgan fingerprint density at radius 1 is 0.553 bits per heavy atom. The minimum atomic E-state index is 1.14. The molecule has 2 heteroatoms. The Balaban J connectivity index is 1.38. The highest BCUT2D eigenvalue weighted by Gasteiger charge is 2.17. The van der Waals surface area contributed by atoms with Gasteiger partial charge in [-0.2, -0.15) is 0 Å². The fourth-order valence-electron chi connectivity index (χ4n) is 5.55. The van der Waals surface area contributed by atoms with Gasteiger partial charge in [0.05, 0.1) is 0 Å². The average Bonchev–Trinajstić information content (AvgIpc) is 2.94. The zero-order chi connectivity index (χ0) is 26.6. The second-order valence-corrected chi connectivity index (χ2v) is 11.1. The Morgan fingerprint density at radius 2 is 0.974 bits per heavy atom. The lowest BCUT2D eigenvalue weighted by Gasteiger charge is -2.09. The molecule has 0 amide bonds. The van der Waals surface area contributed by atoms with Crippen molar-refractivity contribution in [3.05, 3.63) is 90.1 Å². The van der Waals surface area contributed by atoms with Crippen LogP contribution in [0.4, 0.5) is 5.69 Å². The third-order valence-electron chi connectivity index (χ3n) is 8.12. The normalized spacial score (nSPS) is 13.3. The van der Waals surface area contributed by atoms with Crippen LogP contribution in [0.3, 0.4) is 0 Å². The largest absolute Gasteiger partial charge is 0.461 e. The van der Waals surface area contributed by atoms with E-state index in [0.29, 0.717) is 0 Å². The molecule has 4 rings (SSSR count). The van der Waals surface area contributed by atoms with E-state index in [9.17, 15) is 0 Å². The van der Waals surface area contributed by atoms with Gasteiger partial charge in [-0.25, -0.2) is 0 Å². The van der Waals surface area contributed by atoms with E-state index in [2.05, 4.69) is 74.2 Å². The highest BCUT2D eigenvalue weighted by atomic mass is 16.5. The molecule has 4 bridgehead atoms. The molecule has 0 fully saturated rings. The summed E-state index contributed by atoms with van der Waals surface area (Å²) in [6.07, 6.45) is 25.3. The van der Waals surface area contributed by atoms with Gasteiger partial charge in [-0.1, -0.05) is 119 Å². The summed E-state index contributed by atoms with van der Waals surface area (Å²) in [5, 5.41) is 5.18. The Labute approximate surface area is 231 Å². The molecule has 0 saturated heterocycles. The van der Waals surface area contributed by atoms with Gasteiger partial charge in [-0.05, 0) is 64.9 Å². The zero-order valence-electron chi connectivity index (χ0n) is 24.0. The number of fused-ring (bicyclic) bond motifs is 4. The summed E-state index contributed by atoms with van der Waals surface area (Å²) in [7, 11) is 0. The van der Waals surface area contributed by atoms with Crippen molar-refractivity contribution < 1.29 is 4.74 Å². The molecule has 1 heterocycles. The summed E-state index contributed by atoms with van der Waals surface area (Å²) >= 11 is 0. The first-order valence-electron chi connectivity index (χ1n) is 15.1. The number of anilines is 1. The van der Waals surface area contributed by atoms with Crippen molar-refractivity contribution in [3.8, 4) is 0 Å². The third-order valence-corrected chi connectivity index (χ3v) is 8.12. The maximum absolute atomic E-state index is 5.22. The molecule has 0 unspecified atom stereocenters. The molecule has 0 atom stereocenters. The molecule has 3 aromatic rings. The van der Waals surface area contributed by atoms with Gasteiger partial charge < -0.3 is 4.74 Å².